The first kappa shape index (κ1) is 22.5. The van der Waals surface area contributed by atoms with Gasteiger partial charge in [0.05, 0.1) is 4.90 Å². The van der Waals surface area contributed by atoms with Crippen LogP contribution in [0, 0.1) is 6.92 Å². The molecule has 0 bridgehead atoms. The summed E-state index contributed by atoms with van der Waals surface area (Å²) in [7, 11) is -14.1. The molecule has 0 atom stereocenters. The van der Waals surface area contributed by atoms with Crippen molar-refractivity contribution in [3.8, 4) is 0 Å². The van der Waals surface area contributed by atoms with Crippen LogP contribution >= 0.6 is 0 Å². The summed E-state index contributed by atoms with van der Waals surface area (Å²) in [6, 6.07) is 2.45. The average molecular weight is 438 g/mol. The number of aryl methyl sites for hydroxylation is 1. The Kier molecular flexibility index (Phi) is 5.20. The molecular formula is C11H7F9O4S2. The van der Waals surface area contributed by atoms with Gasteiger partial charge in [0.2, 0.25) is 0 Å². The molecule has 15 heteroatoms. The third-order valence-corrected chi connectivity index (χ3v) is 8.28. The van der Waals surface area contributed by atoms with Crippen LogP contribution in [0.3, 0.4) is 0 Å². The summed E-state index contributed by atoms with van der Waals surface area (Å²) in [5.74, 6) is -15.2. The predicted molar refractivity (Wildman–Crippen MR) is 68.2 cm³/mol. The van der Waals surface area contributed by atoms with Crippen molar-refractivity contribution in [2.24, 2.45) is 0 Å². The fraction of sp³-hybridized carbons (Fsp3) is 0.455. The average Bonchev–Trinajstić information content (AvgIpc) is 2.45. The van der Waals surface area contributed by atoms with Gasteiger partial charge in [0.25, 0.3) is 8.87 Å². The van der Waals surface area contributed by atoms with Crippen LogP contribution in [0.5, 0.6) is 0 Å². The SMILES string of the molecule is Cc1ccc(S(=O)(=O)S(=O)(=O)C(F)(F)C(F)(F)C(F)(F)C(F)(F)F)cc1. The van der Waals surface area contributed by atoms with E-state index in [0.717, 1.165) is 12.1 Å². The number of hydrogen-bond acceptors (Lipinski definition) is 4. The lowest BCUT2D eigenvalue weighted by molar-refractivity contribution is -0.381. The minimum atomic E-state index is -7.62. The zero-order valence-corrected chi connectivity index (χ0v) is 13.8. The Hall–Kier alpha value is -1.51. The molecule has 150 valence electrons. The highest BCUT2D eigenvalue weighted by Crippen LogP contribution is 2.55. The molecule has 0 N–H and O–H groups in total. The molecule has 0 amide bonds. The van der Waals surface area contributed by atoms with Gasteiger partial charge in [0.15, 0.2) is 0 Å². The Bertz CT molecular complexity index is 885. The molecule has 1 aromatic rings. The van der Waals surface area contributed by atoms with Crippen molar-refractivity contribution in [3.05, 3.63) is 29.8 Å². The van der Waals surface area contributed by atoms with Crippen molar-refractivity contribution in [1.29, 1.82) is 0 Å². The molecule has 0 saturated heterocycles. The Morgan fingerprint density at radius 2 is 1.08 bits per heavy atom. The second kappa shape index (κ2) is 6.00. The van der Waals surface area contributed by atoms with Gasteiger partial charge >= 0.3 is 32.1 Å². The van der Waals surface area contributed by atoms with E-state index < -0.39 is 45.9 Å². The van der Waals surface area contributed by atoms with E-state index in [4.69, 9.17) is 0 Å². The van der Waals surface area contributed by atoms with Crippen LogP contribution in [0.25, 0.3) is 0 Å². The molecule has 1 aromatic carbocycles. The molecule has 26 heavy (non-hydrogen) atoms. The Morgan fingerprint density at radius 1 is 0.692 bits per heavy atom. The van der Waals surface area contributed by atoms with Gasteiger partial charge in [0, 0.05) is 0 Å². The number of rotatable bonds is 5. The van der Waals surface area contributed by atoms with Crippen molar-refractivity contribution in [1.82, 2.24) is 0 Å². The van der Waals surface area contributed by atoms with Gasteiger partial charge in [-0.3, -0.25) is 0 Å². The van der Waals surface area contributed by atoms with Crippen molar-refractivity contribution in [2.75, 3.05) is 0 Å². The van der Waals surface area contributed by atoms with Gasteiger partial charge in [-0.15, -0.1) is 0 Å². The van der Waals surface area contributed by atoms with Gasteiger partial charge in [-0.1, -0.05) is 17.7 Å². The van der Waals surface area contributed by atoms with E-state index in [9.17, 15) is 56.3 Å². The van der Waals surface area contributed by atoms with Crippen LogP contribution in [0.2, 0.25) is 0 Å². The lowest BCUT2D eigenvalue weighted by Crippen LogP contribution is -2.64. The van der Waals surface area contributed by atoms with Crippen molar-refractivity contribution >= 4 is 17.7 Å². The largest absolute Gasteiger partial charge is 0.460 e. The Morgan fingerprint density at radius 3 is 1.42 bits per heavy atom. The molecular weight excluding hydrogens is 431 g/mol. The van der Waals surface area contributed by atoms with Crippen LogP contribution in [0.4, 0.5) is 39.5 Å². The van der Waals surface area contributed by atoms with E-state index in [2.05, 4.69) is 0 Å². The molecule has 0 saturated carbocycles. The quantitative estimate of drug-likeness (QED) is 0.521. The summed E-state index contributed by atoms with van der Waals surface area (Å²) < 4.78 is 161. The van der Waals surface area contributed by atoms with Crippen LogP contribution < -0.4 is 0 Å². The molecule has 0 aliphatic heterocycles. The van der Waals surface area contributed by atoms with Gasteiger partial charge in [0.1, 0.15) is 0 Å². The first-order valence-electron chi connectivity index (χ1n) is 6.01. The highest BCUT2D eigenvalue weighted by atomic mass is 33.2. The lowest BCUT2D eigenvalue weighted by atomic mass is 10.1. The van der Waals surface area contributed by atoms with Crippen LogP contribution in [-0.4, -0.2) is 40.1 Å². The predicted octanol–water partition coefficient (Wildman–Crippen LogP) is 3.52. The number of hydrogen-bond donors (Lipinski definition) is 0. The first-order valence-corrected chi connectivity index (χ1v) is 9.50. The summed E-state index contributed by atoms with van der Waals surface area (Å²) in [6.07, 6.45) is -7.29. The highest BCUT2D eigenvalue weighted by Gasteiger charge is 2.86. The van der Waals surface area contributed by atoms with Crippen LogP contribution in [0.1, 0.15) is 5.56 Å². The van der Waals surface area contributed by atoms with E-state index >= 15 is 0 Å². The van der Waals surface area contributed by atoms with Crippen LogP contribution in [0.15, 0.2) is 29.2 Å². The maximum Gasteiger partial charge on any atom is 0.460 e. The summed E-state index contributed by atoms with van der Waals surface area (Å²) >= 11 is 0. The molecule has 4 nitrogen and oxygen atoms in total. The molecule has 0 fully saturated rings. The molecule has 1 rings (SSSR count). The monoisotopic (exact) mass is 438 g/mol. The topological polar surface area (TPSA) is 68.3 Å². The van der Waals surface area contributed by atoms with Crippen molar-refractivity contribution < 1.29 is 56.3 Å². The van der Waals surface area contributed by atoms with E-state index in [1.54, 1.807) is 0 Å². The molecule has 0 aliphatic rings. The molecule has 0 aromatic heterocycles. The molecule has 0 spiro atoms. The summed E-state index contributed by atoms with van der Waals surface area (Å²) in [6.45, 7) is 1.33. The van der Waals surface area contributed by atoms with Crippen molar-refractivity contribution in [2.45, 2.75) is 35.1 Å². The van der Waals surface area contributed by atoms with Gasteiger partial charge in [-0.2, -0.15) is 39.5 Å². The van der Waals surface area contributed by atoms with E-state index in [1.807, 2.05) is 0 Å². The molecule has 0 radical (unpaired) electrons. The second-order valence-corrected chi connectivity index (χ2v) is 10.3. The summed E-state index contributed by atoms with van der Waals surface area (Å²) in [4.78, 5) is -1.52. The first-order chi connectivity index (χ1) is 11.2. The van der Waals surface area contributed by atoms with Gasteiger partial charge < -0.3 is 0 Å². The third kappa shape index (κ3) is 2.93. The Labute approximate surface area is 139 Å². The minimum Gasteiger partial charge on any atom is -0.207 e. The molecule has 0 unspecified atom stereocenters. The van der Waals surface area contributed by atoms with E-state index in [0.29, 0.717) is 12.1 Å². The number of benzene rings is 1. The zero-order chi connectivity index (χ0) is 21.0. The number of halogens is 9. The fourth-order valence-electron chi connectivity index (χ4n) is 1.49. The van der Waals surface area contributed by atoms with Crippen LogP contribution in [-0.2, 0) is 17.7 Å². The maximum absolute atomic E-state index is 13.6. The van der Waals surface area contributed by atoms with E-state index in [1.165, 1.54) is 6.92 Å². The minimum absolute atomic E-state index is 0.266. The van der Waals surface area contributed by atoms with E-state index in [-0.39, 0.29) is 5.56 Å². The van der Waals surface area contributed by atoms with Gasteiger partial charge in [-0.05, 0) is 19.1 Å². The van der Waals surface area contributed by atoms with Gasteiger partial charge in [-0.25, -0.2) is 16.8 Å². The number of alkyl halides is 9. The molecule has 0 heterocycles. The fourth-order valence-corrected chi connectivity index (χ4v) is 5.16. The maximum atomic E-state index is 13.6. The lowest BCUT2D eigenvalue weighted by Gasteiger charge is -2.32. The standard InChI is InChI=1S/C11H7F9O4S2/c1-6-2-4-7(5-3-6)25(21,22)26(23,24)11(19,20)9(14,15)8(12,13)10(16,17)18/h2-5H,1H3. The smallest absolute Gasteiger partial charge is 0.207 e. The summed E-state index contributed by atoms with van der Waals surface area (Å²) in [5.41, 5.74) is 0.266. The third-order valence-electron chi connectivity index (χ3n) is 3.03. The highest BCUT2D eigenvalue weighted by molar-refractivity contribution is 8.67. The van der Waals surface area contributed by atoms with Crippen molar-refractivity contribution in [3.63, 3.8) is 0 Å². The molecule has 0 aliphatic carbocycles. The zero-order valence-electron chi connectivity index (χ0n) is 12.2. The Balaban J connectivity index is 3.67. The normalized spacial score (nSPS) is 15.2. The second-order valence-electron chi connectivity index (χ2n) is 4.88. The summed E-state index contributed by atoms with van der Waals surface area (Å²) in [5, 5.41) is -7.30.